The minimum atomic E-state index is -0.626. The molecule has 1 spiro atoms. The van der Waals surface area contributed by atoms with E-state index >= 15 is 0 Å². The maximum Gasteiger partial charge on any atom is 0.328 e. The fourth-order valence-electron chi connectivity index (χ4n) is 3.97. The number of amides is 1. The molecule has 0 aliphatic carbocycles. The lowest BCUT2D eigenvalue weighted by molar-refractivity contribution is -0.157. The molecule has 2 heterocycles. The van der Waals surface area contributed by atoms with Crippen LogP contribution in [0, 0.1) is 0 Å². The van der Waals surface area contributed by atoms with Crippen LogP contribution in [0.25, 0.3) is 0 Å². The average molecular weight is 348 g/mol. The zero-order valence-corrected chi connectivity index (χ0v) is 14.6. The summed E-state index contributed by atoms with van der Waals surface area (Å²) in [6.07, 6.45) is 2.64. The number of ether oxygens (including phenoxy) is 1. The minimum Gasteiger partial charge on any atom is -0.467 e. The van der Waals surface area contributed by atoms with Crippen molar-refractivity contribution < 1.29 is 14.3 Å². The Morgan fingerprint density at radius 3 is 2.69 bits per heavy atom. The van der Waals surface area contributed by atoms with Gasteiger partial charge in [-0.15, -0.1) is 0 Å². The van der Waals surface area contributed by atoms with Crippen molar-refractivity contribution in [3.63, 3.8) is 0 Å². The van der Waals surface area contributed by atoms with Gasteiger partial charge >= 0.3 is 5.97 Å². The normalized spacial score (nSPS) is 24.0. The maximum absolute atomic E-state index is 13.1. The van der Waals surface area contributed by atoms with E-state index in [0.717, 1.165) is 16.8 Å². The molecule has 2 atom stereocenters. The number of aliphatic imine (C=N–C) groups is 1. The fraction of sp³-hybridized carbons (Fsp3) is 0.286. The van der Waals surface area contributed by atoms with Crippen LogP contribution in [0.2, 0.25) is 0 Å². The van der Waals surface area contributed by atoms with E-state index in [9.17, 15) is 9.59 Å². The SMILES string of the molecule is COC(=O)[C@H]1C[C@@]2(C=Nc3ccccc32)CC(=O)N1Cc1ccccc1. The van der Waals surface area contributed by atoms with Gasteiger partial charge in [0.2, 0.25) is 5.91 Å². The quantitative estimate of drug-likeness (QED) is 0.801. The molecule has 4 rings (SSSR count). The van der Waals surface area contributed by atoms with Gasteiger partial charge in [-0.05, 0) is 23.6 Å². The molecule has 1 saturated heterocycles. The molecular formula is C21H20N2O3. The summed E-state index contributed by atoms with van der Waals surface area (Å²) in [6, 6.07) is 16.9. The molecule has 5 heteroatoms. The van der Waals surface area contributed by atoms with E-state index in [-0.39, 0.29) is 11.9 Å². The summed E-state index contributed by atoms with van der Waals surface area (Å²) < 4.78 is 5.02. The maximum atomic E-state index is 13.1. The molecule has 5 nitrogen and oxygen atoms in total. The number of nitrogens with zero attached hydrogens (tertiary/aromatic N) is 2. The van der Waals surface area contributed by atoms with Crippen molar-refractivity contribution in [3.8, 4) is 0 Å². The van der Waals surface area contributed by atoms with Crippen molar-refractivity contribution in [1.82, 2.24) is 4.90 Å². The summed E-state index contributed by atoms with van der Waals surface area (Å²) in [5.41, 5.74) is 2.35. The smallest absolute Gasteiger partial charge is 0.328 e. The summed E-state index contributed by atoms with van der Waals surface area (Å²) in [5.74, 6) is -0.440. The minimum absolute atomic E-state index is 0.0568. The molecule has 2 aromatic rings. The summed E-state index contributed by atoms with van der Waals surface area (Å²) in [4.78, 5) is 31.7. The second-order valence-electron chi connectivity index (χ2n) is 6.86. The van der Waals surface area contributed by atoms with E-state index in [1.807, 2.05) is 60.8 Å². The highest BCUT2D eigenvalue weighted by Crippen LogP contribution is 2.45. The largest absolute Gasteiger partial charge is 0.467 e. The fourth-order valence-corrected chi connectivity index (χ4v) is 3.97. The number of carbonyl (C=O) groups is 2. The van der Waals surface area contributed by atoms with Gasteiger partial charge in [-0.25, -0.2) is 4.79 Å². The number of hydrogen-bond acceptors (Lipinski definition) is 4. The number of likely N-dealkylation sites (tertiary alicyclic amines) is 1. The number of hydrogen-bond donors (Lipinski definition) is 0. The highest BCUT2D eigenvalue weighted by Gasteiger charge is 2.49. The van der Waals surface area contributed by atoms with Gasteiger partial charge in [0.15, 0.2) is 0 Å². The number of methoxy groups -OCH3 is 1. The van der Waals surface area contributed by atoms with E-state index in [4.69, 9.17) is 4.74 Å². The summed E-state index contributed by atoms with van der Waals surface area (Å²) >= 11 is 0. The average Bonchev–Trinajstić information content (AvgIpc) is 3.02. The van der Waals surface area contributed by atoms with Crippen LogP contribution in [0.15, 0.2) is 59.6 Å². The van der Waals surface area contributed by atoms with Gasteiger partial charge in [0.05, 0.1) is 12.8 Å². The highest BCUT2D eigenvalue weighted by atomic mass is 16.5. The predicted octanol–water partition coefficient (Wildman–Crippen LogP) is 3.00. The molecule has 0 radical (unpaired) electrons. The molecule has 0 unspecified atom stereocenters. The van der Waals surface area contributed by atoms with Crippen molar-refractivity contribution in [2.24, 2.45) is 4.99 Å². The lowest BCUT2D eigenvalue weighted by Gasteiger charge is -2.42. The highest BCUT2D eigenvalue weighted by molar-refractivity contribution is 5.96. The Bertz CT molecular complexity index is 878. The first-order valence-corrected chi connectivity index (χ1v) is 8.69. The Kier molecular flexibility index (Phi) is 4.07. The number of piperidine rings is 1. The summed E-state index contributed by atoms with van der Waals surface area (Å²) in [5, 5.41) is 0. The molecule has 0 bridgehead atoms. The number of rotatable bonds is 3. The third-order valence-electron chi connectivity index (χ3n) is 5.28. The predicted molar refractivity (Wildman–Crippen MR) is 98.3 cm³/mol. The van der Waals surface area contributed by atoms with Gasteiger partial charge in [-0.1, -0.05) is 48.5 Å². The lowest BCUT2D eigenvalue weighted by Crippen LogP contribution is -2.55. The van der Waals surface area contributed by atoms with Gasteiger partial charge in [0, 0.05) is 24.6 Å². The van der Waals surface area contributed by atoms with Crippen LogP contribution >= 0.6 is 0 Å². The molecule has 2 aliphatic rings. The molecule has 1 fully saturated rings. The zero-order valence-electron chi connectivity index (χ0n) is 14.6. The molecule has 132 valence electrons. The van der Waals surface area contributed by atoms with Gasteiger partial charge in [0.1, 0.15) is 6.04 Å². The van der Waals surface area contributed by atoms with Crippen LogP contribution in [0.5, 0.6) is 0 Å². The number of esters is 1. The summed E-state index contributed by atoms with van der Waals surface area (Å²) in [7, 11) is 1.37. The third-order valence-corrected chi connectivity index (χ3v) is 5.28. The van der Waals surface area contributed by atoms with Crippen molar-refractivity contribution in [3.05, 3.63) is 65.7 Å². The Morgan fingerprint density at radius 1 is 1.19 bits per heavy atom. The molecule has 2 aliphatic heterocycles. The number of fused-ring (bicyclic) bond motifs is 2. The van der Waals surface area contributed by atoms with E-state index in [0.29, 0.717) is 19.4 Å². The number of carbonyl (C=O) groups excluding carboxylic acids is 2. The second-order valence-corrected chi connectivity index (χ2v) is 6.86. The summed E-state index contributed by atoms with van der Waals surface area (Å²) in [6.45, 7) is 0.397. The van der Waals surface area contributed by atoms with Crippen LogP contribution in [0.4, 0.5) is 5.69 Å². The Labute approximate surface area is 152 Å². The van der Waals surface area contributed by atoms with Crippen LogP contribution in [0.3, 0.4) is 0 Å². The second kappa shape index (κ2) is 6.41. The molecule has 0 N–H and O–H groups in total. The molecule has 2 aromatic carbocycles. The number of benzene rings is 2. The third kappa shape index (κ3) is 2.69. The van der Waals surface area contributed by atoms with E-state index < -0.39 is 11.5 Å². The van der Waals surface area contributed by atoms with Crippen LogP contribution in [-0.2, 0) is 26.3 Å². The van der Waals surface area contributed by atoms with Crippen molar-refractivity contribution >= 4 is 23.8 Å². The Morgan fingerprint density at radius 2 is 1.92 bits per heavy atom. The van der Waals surface area contributed by atoms with Crippen LogP contribution < -0.4 is 0 Å². The van der Waals surface area contributed by atoms with Gasteiger partial charge in [-0.2, -0.15) is 0 Å². The van der Waals surface area contributed by atoms with E-state index in [2.05, 4.69) is 4.99 Å². The van der Waals surface area contributed by atoms with Gasteiger partial charge in [-0.3, -0.25) is 9.79 Å². The zero-order chi connectivity index (χ0) is 18.1. The van der Waals surface area contributed by atoms with Crippen molar-refractivity contribution in [2.75, 3.05) is 7.11 Å². The van der Waals surface area contributed by atoms with Crippen molar-refractivity contribution in [1.29, 1.82) is 0 Å². The number of para-hydroxylation sites is 1. The molecule has 0 saturated carbocycles. The monoisotopic (exact) mass is 348 g/mol. The topological polar surface area (TPSA) is 59.0 Å². The van der Waals surface area contributed by atoms with Crippen LogP contribution in [-0.4, -0.2) is 36.1 Å². The van der Waals surface area contributed by atoms with E-state index in [1.54, 1.807) is 4.90 Å². The lowest BCUT2D eigenvalue weighted by atomic mass is 9.71. The van der Waals surface area contributed by atoms with Crippen molar-refractivity contribution in [2.45, 2.75) is 30.8 Å². The van der Waals surface area contributed by atoms with Gasteiger partial charge < -0.3 is 9.64 Å². The standard InChI is InChI=1S/C21H20N2O3/c1-26-20(25)18-11-21(14-22-17-10-6-5-9-16(17)21)12-19(24)23(18)13-15-7-3-2-4-8-15/h2-10,14,18H,11-13H2,1H3/t18-,21+/m1/s1. The first-order chi connectivity index (χ1) is 12.6. The first kappa shape index (κ1) is 16.5. The van der Waals surface area contributed by atoms with Gasteiger partial charge in [0.25, 0.3) is 0 Å². The first-order valence-electron chi connectivity index (χ1n) is 8.69. The molecule has 0 aromatic heterocycles. The Balaban J connectivity index is 1.69. The van der Waals surface area contributed by atoms with E-state index in [1.165, 1.54) is 7.11 Å². The molecular weight excluding hydrogens is 328 g/mol. The molecule has 1 amide bonds. The van der Waals surface area contributed by atoms with Crippen LogP contribution in [0.1, 0.15) is 24.0 Å². The Hall–Kier alpha value is -2.95. The molecule has 26 heavy (non-hydrogen) atoms.